The fourth-order valence-electron chi connectivity index (χ4n) is 1.72. The Kier molecular flexibility index (Phi) is 3.16. The third-order valence-electron chi connectivity index (χ3n) is 2.53. The molecule has 0 radical (unpaired) electrons. The highest BCUT2D eigenvalue weighted by Gasteiger charge is 2.13. The van der Waals surface area contributed by atoms with Crippen LogP contribution in [0.1, 0.15) is 12.0 Å². The average Bonchev–Trinajstić information content (AvgIpc) is 2.77. The zero-order valence-corrected chi connectivity index (χ0v) is 8.57. The van der Waals surface area contributed by atoms with E-state index in [4.69, 9.17) is 4.74 Å². The second-order valence-corrected chi connectivity index (χ2v) is 3.79. The molecule has 0 aromatic carbocycles. The molecule has 1 atom stereocenters. The Balaban J connectivity index is 1.67. The average molecular weight is 195 g/mol. The van der Waals surface area contributed by atoms with Gasteiger partial charge >= 0.3 is 0 Å². The number of aryl methyl sites for hydroxylation is 1. The van der Waals surface area contributed by atoms with Crippen molar-refractivity contribution in [3.05, 3.63) is 18.0 Å². The van der Waals surface area contributed by atoms with Gasteiger partial charge in [0.05, 0.1) is 12.8 Å². The summed E-state index contributed by atoms with van der Waals surface area (Å²) in [6.45, 7) is 2.79. The standard InChI is InChI=1S/C10H17N3O/c1-13-7-9(6-12-13)2-4-11-10-3-5-14-8-10/h6-7,10-11H,2-5,8H2,1H3. The fraction of sp³-hybridized carbons (Fsp3) is 0.700. The van der Waals surface area contributed by atoms with Crippen LogP contribution in [0.15, 0.2) is 12.4 Å². The maximum Gasteiger partial charge on any atom is 0.0620 e. The largest absolute Gasteiger partial charge is 0.380 e. The quantitative estimate of drug-likeness (QED) is 0.753. The van der Waals surface area contributed by atoms with E-state index < -0.39 is 0 Å². The van der Waals surface area contributed by atoms with Gasteiger partial charge in [0, 0.05) is 25.9 Å². The molecule has 1 fully saturated rings. The van der Waals surface area contributed by atoms with Crippen LogP contribution in [0.2, 0.25) is 0 Å². The molecule has 1 aliphatic rings. The first kappa shape index (κ1) is 9.68. The molecule has 1 aliphatic heterocycles. The first-order chi connectivity index (χ1) is 6.84. The molecule has 1 saturated heterocycles. The molecule has 0 saturated carbocycles. The van der Waals surface area contributed by atoms with Crippen LogP contribution < -0.4 is 5.32 Å². The first-order valence-corrected chi connectivity index (χ1v) is 5.13. The second-order valence-electron chi connectivity index (χ2n) is 3.79. The lowest BCUT2D eigenvalue weighted by molar-refractivity contribution is 0.190. The van der Waals surface area contributed by atoms with Crippen molar-refractivity contribution in [1.82, 2.24) is 15.1 Å². The maximum absolute atomic E-state index is 5.28. The van der Waals surface area contributed by atoms with Crippen LogP contribution in [0.4, 0.5) is 0 Å². The van der Waals surface area contributed by atoms with Crippen molar-refractivity contribution < 1.29 is 4.74 Å². The summed E-state index contributed by atoms with van der Waals surface area (Å²) in [5.41, 5.74) is 1.29. The summed E-state index contributed by atoms with van der Waals surface area (Å²) in [5.74, 6) is 0. The van der Waals surface area contributed by atoms with Gasteiger partial charge in [-0.15, -0.1) is 0 Å². The summed E-state index contributed by atoms with van der Waals surface area (Å²) in [7, 11) is 1.95. The SMILES string of the molecule is Cn1cc(CCNC2CCOC2)cn1. The smallest absolute Gasteiger partial charge is 0.0620 e. The van der Waals surface area contributed by atoms with Gasteiger partial charge < -0.3 is 10.1 Å². The van der Waals surface area contributed by atoms with Gasteiger partial charge in [-0.25, -0.2) is 0 Å². The zero-order valence-electron chi connectivity index (χ0n) is 8.57. The molecule has 1 unspecified atom stereocenters. The highest BCUT2D eigenvalue weighted by Crippen LogP contribution is 2.03. The predicted octanol–water partition coefficient (Wildman–Crippen LogP) is 0.341. The summed E-state index contributed by atoms with van der Waals surface area (Å²) in [5, 5.41) is 7.61. The first-order valence-electron chi connectivity index (χ1n) is 5.13. The third-order valence-corrected chi connectivity index (χ3v) is 2.53. The van der Waals surface area contributed by atoms with Crippen LogP contribution in [0.3, 0.4) is 0 Å². The normalized spacial score (nSPS) is 21.6. The highest BCUT2D eigenvalue weighted by molar-refractivity contribution is 5.03. The van der Waals surface area contributed by atoms with E-state index in [1.807, 2.05) is 17.9 Å². The number of nitrogens with one attached hydrogen (secondary N) is 1. The molecule has 1 aromatic rings. The summed E-state index contributed by atoms with van der Waals surface area (Å²) in [6, 6.07) is 0.562. The molecule has 0 amide bonds. The van der Waals surface area contributed by atoms with E-state index in [1.165, 1.54) is 5.56 Å². The van der Waals surface area contributed by atoms with Crippen molar-refractivity contribution in [3.63, 3.8) is 0 Å². The molecule has 0 spiro atoms. The van der Waals surface area contributed by atoms with Crippen molar-refractivity contribution in [3.8, 4) is 0 Å². The lowest BCUT2D eigenvalue weighted by atomic mass is 10.2. The van der Waals surface area contributed by atoms with E-state index in [9.17, 15) is 0 Å². The lowest BCUT2D eigenvalue weighted by Crippen LogP contribution is -2.30. The molecule has 1 N–H and O–H groups in total. The number of aromatic nitrogens is 2. The van der Waals surface area contributed by atoms with Crippen molar-refractivity contribution in [1.29, 1.82) is 0 Å². The fourth-order valence-corrected chi connectivity index (χ4v) is 1.72. The monoisotopic (exact) mass is 195 g/mol. The van der Waals surface area contributed by atoms with Crippen molar-refractivity contribution >= 4 is 0 Å². The van der Waals surface area contributed by atoms with Crippen LogP contribution in [0, 0.1) is 0 Å². The van der Waals surface area contributed by atoms with Crippen LogP contribution in [0.5, 0.6) is 0 Å². The molecule has 78 valence electrons. The van der Waals surface area contributed by atoms with Crippen LogP contribution in [-0.4, -0.2) is 35.6 Å². The molecule has 2 heterocycles. The Labute approximate surface area is 84.3 Å². The van der Waals surface area contributed by atoms with Gasteiger partial charge in [-0.3, -0.25) is 4.68 Å². The Morgan fingerprint density at radius 3 is 3.29 bits per heavy atom. The van der Waals surface area contributed by atoms with Crippen LogP contribution >= 0.6 is 0 Å². The number of hydrogen-bond acceptors (Lipinski definition) is 3. The number of nitrogens with zero attached hydrogens (tertiary/aromatic N) is 2. The van der Waals surface area contributed by atoms with Crippen molar-refractivity contribution in [2.75, 3.05) is 19.8 Å². The lowest BCUT2D eigenvalue weighted by Gasteiger charge is -2.08. The maximum atomic E-state index is 5.28. The van der Waals surface area contributed by atoms with Gasteiger partial charge in [-0.2, -0.15) is 5.10 Å². The van der Waals surface area contributed by atoms with E-state index in [-0.39, 0.29) is 0 Å². The van der Waals surface area contributed by atoms with Gasteiger partial charge in [-0.05, 0) is 24.9 Å². The van der Waals surface area contributed by atoms with Crippen molar-refractivity contribution in [2.24, 2.45) is 7.05 Å². The topological polar surface area (TPSA) is 39.1 Å². The van der Waals surface area contributed by atoms with Gasteiger partial charge in [0.15, 0.2) is 0 Å². The van der Waals surface area contributed by atoms with Crippen molar-refractivity contribution in [2.45, 2.75) is 18.9 Å². The van der Waals surface area contributed by atoms with E-state index in [0.717, 1.165) is 32.6 Å². The Hall–Kier alpha value is -0.870. The minimum absolute atomic E-state index is 0.562. The Morgan fingerprint density at radius 1 is 1.71 bits per heavy atom. The molecular formula is C10H17N3O. The Bertz CT molecular complexity index is 279. The molecule has 2 rings (SSSR count). The van der Waals surface area contributed by atoms with E-state index in [1.54, 1.807) is 0 Å². The third kappa shape index (κ3) is 2.56. The van der Waals surface area contributed by atoms with Gasteiger partial charge in [0.2, 0.25) is 0 Å². The highest BCUT2D eigenvalue weighted by atomic mass is 16.5. The number of ether oxygens (including phenoxy) is 1. The second kappa shape index (κ2) is 4.57. The molecule has 4 heteroatoms. The molecule has 0 aliphatic carbocycles. The minimum Gasteiger partial charge on any atom is -0.380 e. The molecule has 0 bridgehead atoms. The molecule has 14 heavy (non-hydrogen) atoms. The Morgan fingerprint density at radius 2 is 2.64 bits per heavy atom. The van der Waals surface area contributed by atoms with Crippen LogP contribution in [-0.2, 0) is 18.2 Å². The number of rotatable bonds is 4. The van der Waals surface area contributed by atoms with E-state index >= 15 is 0 Å². The molecule has 1 aromatic heterocycles. The van der Waals surface area contributed by atoms with E-state index in [2.05, 4.69) is 16.6 Å². The predicted molar refractivity (Wildman–Crippen MR) is 54.1 cm³/mol. The zero-order chi connectivity index (χ0) is 9.80. The summed E-state index contributed by atoms with van der Waals surface area (Å²) in [6.07, 6.45) is 6.18. The van der Waals surface area contributed by atoms with Gasteiger partial charge in [0.25, 0.3) is 0 Å². The number of hydrogen-bond donors (Lipinski definition) is 1. The summed E-state index contributed by atoms with van der Waals surface area (Å²) >= 11 is 0. The van der Waals surface area contributed by atoms with Crippen LogP contribution in [0.25, 0.3) is 0 Å². The minimum atomic E-state index is 0.562. The van der Waals surface area contributed by atoms with E-state index in [0.29, 0.717) is 6.04 Å². The van der Waals surface area contributed by atoms with Gasteiger partial charge in [-0.1, -0.05) is 0 Å². The van der Waals surface area contributed by atoms with Gasteiger partial charge in [0.1, 0.15) is 0 Å². The molecule has 4 nitrogen and oxygen atoms in total. The molecular weight excluding hydrogens is 178 g/mol. The summed E-state index contributed by atoms with van der Waals surface area (Å²) in [4.78, 5) is 0. The summed E-state index contributed by atoms with van der Waals surface area (Å²) < 4.78 is 7.13.